The maximum absolute atomic E-state index is 12.1. The minimum atomic E-state index is -4.65. The van der Waals surface area contributed by atoms with Gasteiger partial charge >= 0.3 is 13.5 Å². The van der Waals surface area contributed by atoms with Crippen LogP contribution in [0.4, 0.5) is 0 Å². The second-order valence-electron chi connectivity index (χ2n) is 5.41. The number of fused-ring (bicyclic) bond motifs is 1. The fourth-order valence-electron chi connectivity index (χ4n) is 2.56. The molecule has 3 heterocycles. The molecule has 3 atom stereocenters. The average molecular weight is 345 g/mol. The molecular weight excluding hydrogens is 329 g/mol. The molecule has 10 nitrogen and oxygen atoms in total. The predicted molar refractivity (Wildman–Crippen MR) is 77.6 cm³/mol. The van der Waals surface area contributed by atoms with Gasteiger partial charge in [0.2, 0.25) is 0 Å². The van der Waals surface area contributed by atoms with Crippen molar-refractivity contribution in [1.82, 2.24) is 14.5 Å². The van der Waals surface area contributed by atoms with E-state index in [1.54, 1.807) is 6.20 Å². The van der Waals surface area contributed by atoms with E-state index in [2.05, 4.69) is 14.5 Å². The summed E-state index contributed by atoms with van der Waals surface area (Å²) in [5, 5.41) is 10.6. The summed E-state index contributed by atoms with van der Waals surface area (Å²) in [4.78, 5) is 36.3. The topological polar surface area (TPSA) is 147 Å². The summed E-state index contributed by atoms with van der Waals surface area (Å²) in [5.74, 6) is 0. The average Bonchev–Trinajstić information content (AvgIpc) is 2.96. The number of aliphatic hydroxyl groups is 1. The molecule has 23 heavy (non-hydrogen) atoms. The van der Waals surface area contributed by atoms with E-state index in [-0.39, 0.29) is 6.42 Å². The molecule has 1 aliphatic heterocycles. The van der Waals surface area contributed by atoms with Crippen molar-refractivity contribution in [3.8, 4) is 0 Å². The Kier molecular flexibility index (Phi) is 4.13. The Morgan fingerprint density at radius 2 is 2.30 bits per heavy atom. The van der Waals surface area contributed by atoms with Gasteiger partial charge in [-0.25, -0.2) is 9.36 Å². The molecule has 1 fully saturated rings. The minimum absolute atomic E-state index is 0.0890. The molecule has 0 aliphatic carbocycles. The highest BCUT2D eigenvalue weighted by molar-refractivity contribution is 7.46. The lowest BCUT2D eigenvalue weighted by Gasteiger charge is -2.16. The number of rotatable bonds is 4. The number of aromatic nitrogens is 3. The van der Waals surface area contributed by atoms with Crippen LogP contribution in [0.15, 0.2) is 17.1 Å². The quantitative estimate of drug-likeness (QED) is 0.557. The van der Waals surface area contributed by atoms with Crippen molar-refractivity contribution in [2.75, 3.05) is 6.61 Å². The first-order valence-corrected chi connectivity index (χ1v) is 8.38. The third kappa shape index (κ3) is 3.52. The normalized spacial score (nSPS) is 25.3. The molecular formula is C12H16N3O7P. The molecule has 0 spiro atoms. The number of phosphoric acid groups is 1. The smallest absolute Gasteiger partial charge is 0.390 e. The zero-order valence-electron chi connectivity index (χ0n) is 12.1. The number of ether oxygens (including phenoxy) is 1. The van der Waals surface area contributed by atoms with Gasteiger partial charge in [0.1, 0.15) is 18.0 Å². The summed E-state index contributed by atoms with van der Waals surface area (Å²) in [6.45, 7) is 1.36. The van der Waals surface area contributed by atoms with E-state index in [0.29, 0.717) is 5.65 Å². The number of nitrogens with zero attached hydrogens (tertiary/aromatic N) is 2. The van der Waals surface area contributed by atoms with Crippen molar-refractivity contribution >= 4 is 18.9 Å². The molecule has 0 saturated carbocycles. The standard InChI is InChI=1S/C12H16N3O7P/c1-6-2-7-4-15(12(17)14-11(7)13-6)10-3-8(16)9(22-10)5-21-23(18,19)20/h2,4,8-10,16H,3,5H2,1H3,(H,13,14,17)(H2,18,19,20)/t8-,9+,10+/m0/s1. The molecule has 0 aromatic carbocycles. The lowest BCUT2D eigenvalue weighted by Crippen LogP contribution is -2.28. The van der Waals surface area contributed by atoms with Gasteiger partial charge < -0.3 is 24.6 Å². The summed E-state index contributed by atoms with van der Waals surface area (Å²) in [5.41, 5.74) is 0.765. The monoisotopic (exact) mass is 345 g/mol. The molecule has 0 radical (unpaired) electrons. The number of hydrogen-bond donors (Lipinski definition) is 4. The first-order chi connectivity index (χ1) is 10.7. The maximum Gasteiger partial charge on any atom is 0.469 e. The van der Waals surface area contributed by atoms with E-state index in [1.807, 2.05) is 13.0 Å². The minimum Gasteiger partial charge on any atom is -0.390 e. The third-order valence-corrected chi connectivity index (χ3v) is 4.07. The molecule has 1 saturated heterocycles. The predicted octanol–water partition coefficient (Wildman–Crippen LogP) is -0.209. The van der Waals surface area contributed by atoms with Crippen LogP contribution in [0.1, 0.15) is 18.3 Å². The number of hydrogen-bond acceptors (Lipinski definition) is 6. The molecule has 2 aromatic rings. The fourth-order valence-corrected chi connectivity index (χ4v) is 2.90. The Hall–Kier alpha value is -1.55. The second-order valence-corrected chi connectivity index (χ2v) is 6.64. The van der Waals surface area contributed by atoms with Gasteiger partial charge in [-0.1, -0.05) is 0 Å². The number of aryl methyl sites for hydroxylation is 1. The zero-order valence-corrected chi connectivity index (χ0v) is 13.0. The number of phosphoric ester groups is 1. The van der Waals surface area contributed by atoms with Crippen LogP contribution in [0.2, 0.25) is 0 Å². The van der Waals surface area contributed by atoms with Gasteiger partial charge in [-0.3, -0.25) is 9.09 Å². The Morgan fingerprint density at radius 1 is 1.57 bits per heavy atom. The molecule has 1 aliphatic rings. The Morgan fingerprint density at radius 3 is 3.00 bits per heavy atom. The largest absolute Gasteiger partial charge is 0.469 e. The van der Waals surface area contributed by atoms with Crippen LogP contribution in [0.5, 0.6) is 0 Å². The van der Waals surface area contributed by atoms with Gasteiger partial charge in [0.15, 0.2) is 0 Å². The van der Waals surface area contributed by atoms with Crippen LogP contribution in [0.25, 0.3) is 11.0 Å². The molecule has 0 amide bonds. The summed E-state index contributed by atoms with van der Waals surface area (Å²) >= 11 is 0. The van der Waals surface area contributed by atoms with Crippen LogP contribution in [-0.4, -0.2) is 48.2 Å². The van der Waals surface area contributed by atoms with Crippen LogP contribution in [0.3, 0.4) is 0 Å². The number of nitrogens with one attached hydrogen (secondary N) is 1. The van der Waals surface area contributed by atoms with Gasteiger partial charge in [-0.2, -0.15) is 4.98 Å². The van der Waals surface area contributed by atoms with Gasteiger partial charge in [0.25, 0.3) is 0 Å². The number of aromatic amines is 1. The zero-order chi connectivity index (χ0) is 16.8. The Labute approximate surface area is 129 Å². The van der Waals surface area contributed by atoms with Gasteiger partial charge in [-0.05, 0) is 13.0 Å². The Balaban J connectivity index is 1.81. The van der Waals surface area contributed by atoms with Crippen molar-refractivity contribution in [2.45, 2.75) is 31.8 Å². The summed E-state index contributed by atoms with van der Waals surface area (Å²) < 4.78 is 21.8. The lowest BCUT2D eigenvalue weighted by atomic mass is 10.2. The first-order valence-electron chi connectivity index (χ1n) is 6.85. The van der Waals surface area contributed by atoms with Crippen molar-refractivity contribution in [1.29, 1.82) is 0 Å². The van der Waals surface area contributed by atoms with Gasteiger partial charge in [-0.15, -0.1) is 0 Å². The first kappa shape index (κ1) is 16.3. The fraction of sp³-hybridized carbons (Fsp3) is 0.500. The van der Waals surface area contributed by atoms with Gasteiger partial charge in [0.05, 0.1) is 12.7 Å². The van der Waals surface area contributed by atoms with Gasteiger partial charge in [0, 0.05) is 23.7 Å². The molecule has 11 heteroatoms. The second kappa shape index (κ2) is 5.82. The summed E-state index contributed by atoms with van der Waals surface area (Å²) in [6.07, 6.45) is -1.08. The van der Waals surface area contributed by atoms with E-state index in [1.165, 1.54) is 4.57 Å². The van der Waals surface area contributed by atoms with E-state index < -0.39 is 38.6 Å². The number of aliphatic hydroxyl groups excluding tert-OH is 1. The molecule has 2 aromatic heterocycles. The molecule has 0 unspecified atom stereocenters. The van der Waals surface area contributed by atoms with Crippen molar-refractivity contribution in [3.63, 3.8) is 0 Å². The van der Waals surface area contributed by atoms with E-state index in [9.17, 15) is 14.5 Å². The van der Waals surface area contributed by atoms with Crippen molar-refractivity contribution in [3.05, 3.63) is 28.4 Å². The maximum atomic E-state index is 12.1. The molecule has 0 bridgehead atoms. The van der Waals surface area contributed by atoms with E-state index >= 15 is 0 Å². The van der Waals surface area contributed by atoms with Crippen LogP contribution >= 0.6 is 7.82 Å². The van der Waals surface area contributed by atoms with Crippen molar-refractivity contribution < 1.29 is 28.7 Å². The number of H-pyrrole nitrogens is 1. The van der Waals surface area contributed by atoms with Crippen LogP contribution < -0.4 is 5.69 Å². The van der Waals surface area contributed by atoms with Crippen molar-refractivity contribution in [2.24, 2.45) is 0 Å². The SMILES string of the molecule is Cc1cc2cn([C@H]3C[C@H](O)[C@@H](COP(=O)(O)O)O3)c(=O)nc2[nH]1. The van der Waals surface area contributed by atoms with Crippen LogP contribution in [0, 0.1) is 6.92 Å². The lowest BCUT2D eigenvalue weighted by molar-refractivity contribution is -0.0449. The van der Waals surface area contributed by atoms with E-state index in [0.717, 1.165) is 11.1 Å². The molecule has 4 N–H and O–H groups in total. The Bertz CT molecular complexity index is 826. The summed E-state index contributed by atoms with van der Waals surface area (Å²) in [7, 11) is -4.65. The highest BCUT2D eigenvalue weighted by Crippen LogP contribution is 2.38. The highest BCUT2D eigenvalue weighted by atomic mass is 31.2. The highest BCUT2D eigenvalue weighted by Gasteiger charge is 2.37. The molecule has 3 rings (SSSR count). The summed E-state index contributed by atoms with van der Waals surface area (Å²) in [6, 6.07) is 1.82. The van der Waals surface area contributed by atoms with Crippen LogP contribution in [-0.2, 0) is 13.8 Å². The van der Waals surface area contributed by atoms with E-state index in [4.69, 9.17) is 14.5 Å². The molecule has 126 valence electrons. The third-order valence-electron chi connectivity index (χ3n) is 3.59.